The van der Waals surface area contributed by atoms with Gasteiger partial charge in [-0.3, -0.25) is 9.59 Å². The highest BCUT2D eigenvalue weighted by molar-refractivity contribution is 5.76. The van der Waals surface area contributed by atoms with Crippen LogP contribution in [0.5, 0.6) is 0 Å². The summed E-state index contributed by atoms with van der Waals surface area (Å²) in [7, 11) is 0. The molecule has 0 aromatic heterocycles. The molecule has 65 heavy (non-hydrogen) atoms. The molecule has 0 rings (SSSR count). The molecule has 0 aliphatic carbocycles. The highest BCUT2D eigenvalue weighted by Crippen LogP contribution is 2.17. The number of unbranched alkanes of at least 4 members (excludes halogenated alkanes) is 42. The van der Waals surface area contributed by atoms with E-state index in [-0.39, 0.29) is 18.5 Å². The van der Waals surface area contributed by atoms with Crippen LogP contribution in [0, 0.1) is 0 Å². The van der Waals surface area contributed by atoms with Crippen LogP contribution in [0.25, 0.3) is 0 Å². The first kappa shape index (κ1) is 63.6. The quantitative estimate of drug-likeness (QED) is 0.0321. The second-order valence-corrected chi connectivity index (χ2v) is 20.3. The van der Waals surface area contributed by atoms with Crippen LogP contribution in [-0.2, 0) is 14.3 Å². The van der Waals surface area contributed by atoms with Crippen LogP contribution in [0.1, 0.15) is 328 Å². The first-order chi connectivity index (χ1) is 32.0. The molecule has 0 aromatic carbocycles. The molecule has 0 saturated carbocycles. The number of ether oxygens (including phenoxy) is 1. The summed E-state index contributed by atoms with van der Waals surface area (Å²) in [6.45, 7) is 4.96. The van der Waals surface area contributed by atoms with Gasteiger partial charge < -0.3 is 20.3 Å². The summed E-state index contributed by atoms with van der Waals surface area (Å²) in [5.74, 6) is -0.0355. The summed E-state index contributed by atoms with van der Waals surface area (Å²) in [6.07, 6.45) is 64.9. The SMILES string of the molecule is CCCCCCCCCCCCCCCCCC(=O)OCCCCCCCCCC/C=C\CCCCCCCCCC(=O)NC(CO)C(O)CCCCCCCCCCCCCCCC. The number of hydrogen-bond acceptors (Lipinski definition) is 5. The highest BCUT2D eigenvalue weighted by Gasteiger charge is 2.20. The Labute approximate surface area is 406 Å². The van der Waals surface area contributed by atoms with Gasteiger partial charge in [0.1, 0.15) is 0 Å². The zero-order valence-electron chi connectivity index (χ0n) is 44.0. The zero-order chi connectivity index (χ0) is 47.2. The normalized spacial score (nSPS) is 12.6. The van der Waals surface area contributed by atoms with Gasteiger partial charge >= 0.3 is 5.97 Å². The second kappa shape index (κ2) is 55.2. The molecule has 1 amide bonds. The third-order valence-electron chi connectivity index (χ3n) is 13.8. The fraction of sp³-hybridized carbons (Fsp3) is 0.932. The standard InChI is InChI=1S/C59H115NO5/c1-3-5-7-9-11-13-15-17-24-29-33-37-41-45-49-53-59(64)65-54-50-46-42-38-34-30-26-23-21-19-20-22-25-28-32-36-40-44-48-52-58(63)60-56(55-61)57(62)51-47-43-39-35-31-27-18-16-14-12-10-8-6-4-2/h19-20,56-57,61-62H,3-18,21-55H2,1-2H3,(H,60,63)/b20-19-. The van der Waals surface area contributed by atoms with Gasteiger partial charge in [-0.1, -0.05) is 276 Å². The summed E-state index contributed by atoms with van der Waals surface area (Å²) in [5, 5.41) is 23.2. The van der Waals surface area contributed by atoms with Crippen LogP contribution in [0.15, 0.2) is 12.2 Å². The van der Waals surface area contributed by atoms with Crippen molar-refractivity contribution in [2.24, 2.45) is 0 Å². The fourth-order valence-electron chi connectivity index (χ4n) is 9.28. The van der Waals surface area contributed by atoms with E-state index in [9.17, 15) is 19.8 Å². The number of aliphatic hydroxyl groups is 2. The van der Waals surface area contributed by atoms with Crippen LogP contribution >= 0.6 is 0 Å². The molecule has 0 radical (unpaired) electrons. The number of hydrogen-bond donors (Lipinski definition) is 3. The molecule has 6 heteroatoms. The minimum Gasteiger partial charge on any atom is -0.466 e. The van der Waals surface area contributed by atoms with Gasteiger partial charge in [-0.2, -0.15) is 0 Å². The Kier molecular flexibility index (Phi) is 54.0. The van der Waals surface area contributed by atoms with Crippen molar-refractivity contribution in [3.05, 3.63) is 12.2 Å². The summed E-state index contributed by atoms with van der Waals surface area (Å²) < 4.78 is 5.48. The Morgan fingerprint density at radius 3 is 1.09 bits per heavy atom. The van der Waals surface area contributed by atoms with Gasteiger partial charge in [0.05, 0.1) is 25.4 Å². The predicted molar refractivity (Wildman–Crippen MR) is 283 cm³/mol. The number of allylic oxidation sites excluding steroid dienone is 2. The van der Waals surface area contributed by atoms with Crippen molar-refractivity contribution in [2.45, 2.75) is 341 Å². The molecule has 0 heterocycles. The number of carbonyl (C=O) groups is 2. The smallest absolute Gasteiger partial charge is 0.305 e. The fourth-order valence-corrected chi connectivity index (χ4v) is 9.28. The number of amides is 1. The third-order valence-corrected chi connectivity index (χ3v) is 13.8. The number of rotatable bonds is 55. The van der Waals surface area contributed by atoms with E-state index < -0.39 is 12.1 Å². The lowest BCUT2D eigenvalue weighted by Gasteiger charge is -2.22. The lowest BCUT2D eigenvalue weighted by atomic mass is 10.0. The van der Waals surface area contributed by atoms with Crippen molar-refractivity contribution in [3.63, 3.8) is 0 Å². The minimum absolute atomic E-state index is 0.00738. The van der Waals surface area contributed by atoms with E-state index in [2.05, 4.69) is 31.3 Å². The molecule has 386 valence electrons. The van der Waals surface area contributed by atoms with Gasteiger partial charge in [-0.05, 0) is 51.4 Å². The summed E-state index contributed by atoms with van der Waals surface area (Å²) in [6, 6.07) is -0.547. The van der Waals surface area contributed by atoms with E-state index in [1.54, 1.807) is 0 Å². The summed E-state index contributed by atoms with van der Waals surface area (Å²) in [4.78, 5) is 24.5. The molecule has 0 aliphatic rings. The predicted octanol–water partition coefficient (Wildman–Crippen LogP) is 18.1. The minimum atomic E-state index is -0.669. The summed E-state index contributed by atoms with van der Waals surface area (Å²) >= 11 is 0. The van der Waals surface area contributed by atoms with E-state index >= 15 is 0 Å². The van der Waals surface area contributed by atoms with E-state index in [4.69, 9.17) is 4.74 Å². The molecule has 2 unspecified atom stereocenters. The van der Waals surface area contributed by atoms with Crippen LogP contribution < -0.4 is 5.32 Å². The molecule has 0 spiro atoms. The topological polar surface area (TPSA) is 95.9 Å². The first-order valence-corrected chi connectivity index (χ1v) is 29.4. The molecule has 0 aliphatic heterocycles. The van der Waals surface area contributed by atoms with Crippen LogP contribution in [0.4, 0.5) is 0 Å². The number of nitrogens with one attached hydrogen (secondary N) is 1. The van der Waals surface area contributed by atoms with Gasteiger partial charge in [0.2, 0.25) is 5.91 Å². The maximum atomic E-state index is 12.5. The number of esters is 1. The van der Waals surface area contributed by atoms with Crippen LogP contribution in [0.3, 0.4) is 0 Å². The van der Waals surface area contributed by atoms with E-state index in [1.165, 1.54) is 257 Å². The van der Waals surface area contributed by atoms with Gasteiger partial charge in [0.25, 0.3) is 0 Å². The Morgan fingerprint density at radius 2 is 0.723 bits per heavy atom. The van der Waals surface area contributed by atoms with Gasteiger partial charge in [-0.15, -0.1) is 0 Å². The van der Waals surface area contributed by atoms with E-state index in [0.717, 1.165) is 38.5 Å². The van der Waals surface area contributed by atoms with Crippen LogP contribution in [0.2, 0.25) is 0 Å². The van der Waals surface area contributed by atoms with Crippen molar-refractivity contribution in [1.82, 2.24) is 5.32 Å². The average molecular weight is 919 g/mol. The molecule has 3 N–H and O–H groups in total. The van der Waals surface area contributed by atoms with Crippen molar-refractivity contribution in [3.8, 4) is 0 Å². The summed E-state index contributed by atoms with van der Waals surface area (Å²) in [5.41, 5.74) is 0. The highest BCUT2D eigenvalue weighted by atomic mass is 16.5. The first-order valence-electron chi connectivity index (χ1n) is 29.4. The molecule has 0 bridgehead atoms. The number of aliphatic hydroxyl groups excluding tert-OH is 2. The van der Waals surface area contributed by atoms with Crippen LogP contribution in [-0.4, -0.2) is 47.4 Å². The lowest BCUT2D eigenvalue weighted by Crippen LogP contribution is -2.45. The largest absolute Gasteiger partial charge is 0.466 e. The molecule has 0 aromatic rings. The Morgan fingerprint density at radius 1 is 0.415 bits per heavy atom. The molecule has 2 atom stereocenters. The van der Waals surface area contributed by atoms with E-state index in [0.29, 0.717) is 25.9 Å². The zero-order valence-corrected chi connectivity index (χ0v) is 44.0. The number of carbonyl (C=O) groups excluding carboxylic acids is 2. The Balaban J connectivity index is 3.42. The van der Waals surface area contributed by atoms with Gasteiger partial charge in [0.15, 0.2) is 0 Å². The molecule has 0 fully saturated rings. The molecule has 0 saturated heterocycles. The second-order valence-electron chi connectivity index (χ2n) is 20.3. The van der Waals surface area contributed by atoms with Crippen molar-refractivity contribution < 1.29 is 24.5 Å². The average Bonchev–Trinajstić information content (AvgIpc) is 3.31. The van der Waals surface area contributed by atoms with Crippen molar-refractivity contribution in [1.29, 1.82) is 0 Å². The lowest BCUT2D eigenvalue weighted by molar-refractivity contribution is -0.143. The molecule has 6 nitrogen and oxygen atoms in total. The van der Waals surface area contributed by atoms with Gasteiger partial charge in [-0.25, -0.2) is 0 Å². The molecular formula is C59H115NO5. The Hall–Kier alpha value is -1.40. The third kappa shape index (κ3) is 51.8. The maximum absolute atomic E-state index is 12.5. The van der Waals surface area contributed by atoms with Crippen molar-refractivity contribution >= 4 is 11.9 Å². The van der Waals surface area contributed by atoms with Crippen molar-refractivity contribution in [2.75, 3.05) is 13.2 Å². The van der Waals surface area contributed by atoms with Gasteiger partial charge in [0, 0.05) is 12.8 Å². The molecular weight excluding hydrogens is 803 g/mol. The maximum Gasteiger partial charge on any atom is 0.305 e. The monoisotopic (exact) mass is 918 g/mol. The Bertz CT molecular complexity index is 970. The van der Waals surface area contributed by atoms with E-state index in [1.807, 2.05) is 0 Å².